The van der Waals surface area contributed by atoms with Crippen LogP contribution in [0.2, 0.25) is 0 Å². The Labute approximate surface area is 328 Å². The monoisotopic (exact) mass is 752 g/mol. The molecule has 55 heavy (non-hydrogen) atoms. The molecule has 6 aromatic carbocycles. The van der Waals surface area contributed by atoms with Crippen LogP contribution < -0.4 is 4.67 Å². The molecule has 7 aromatic rings. The molecule has 0 amide bonds. The van der Waals surface area contributed by atoms with Crippen molar-refractivity contribution >= 4 is 51.7 Å². The number of hydrogen-bond donors (Lipinski definition) is 1. The van der Waals surface area contributed by atoms with E-state index < -0.39 is 8.24 Å². The van der Waals surface area contributed by atoms with Crippen molar-refractivity contribution in [2.45, 2.75) is 119 Å². The van der Waals surface area contributed by atoms with Crippen molar-refractivity contribution in [3.8, 4) is 22.3 Å². The lowest BCUT2D eigenvalue weighted by molar-refractivity contribution is -0.0890. The minimum Gasteiger partial charge on any atom is -0.397 e. The first-order chi connectivity index (χ1) is 26.2. The van der Waals surface area contributed by atoms with E-state index in [9.17, 15) is 5.26 Å². The Morgan fingerprint density at radius 1 is 0.455 bits per heavy atom. The summed E-state index contributed by atoms with van der Waals surface area (Å²) in [6.45, 7) is 27.3. The number of benzene rings is 6. The first-order valence-electron chi connectivity index (χ1n) is 20.2. The van der Waals surface area contributed by atoms with Gasteiger partial charge in [0, 0.05) is 21.9 Å². The van der Waals surface area contributed by atoms with Crippen molar-refractivity contribution in [2.75, 3.05) is 0 Å². The molecule has 0 aliphatic rings. The van der Waals surface area contributed by atoms with Gasteiger partial charge in [-0.3, -0.25) is 0 Å². The van der Waals surface area contributed by atoms with Gasteiger partial charge in [-0.15, -0.1) is 4.67 Å². The van der Waals surface area contributed by atoms with Crippen LogP contribution in [0.3, 0.4) is 0 Å². The van der Waals surface area contributed by atoms with Gasteiger partial charge in [0.15, 0.2) is 11.2 Å². The van der Waals surface area contributed by atoms with E-state index in [-0.39, 0.29) is 23.7 Å². The number of fused-ring (bicyclic) bond motifs is 7. The fraction of sp³-hybridized carbons (Fsp3) is 0.360. The quantitative estimate of drug-likeness (QED) is 0.118. The van der Waals surface area contributed by atoms with Gasteiger partial charge in [-0.1, -0.05) is 156 Å². The lowest BCUT2D eigenvalue weighted by Crippen LogP contribution is -2.04. The Morgan fingerprint density at radius 2 is 0.782 bits per heavy atom. The average Bonchev–Trinajstić information content (AvgIpc) is 3.34. The van der Waals surface area contributed by atoms with Gasteiger partial charge in [0.25, 0.3) is 0 Å². The van der Waals surface area contributed by atoms with Gasteiger partial charge < -0.3 is 8.39 Å². The van der Waals surface area contributed by atoms with Crippen LogP contribution in [-0.2, 0) is 0 Å². The van der Waals surface area contributed by atoms with Gasteiger partial charge in [-0.2, -0.15) is 0 Å². The molecule has 0 spiro atoms. The van der Waals surface area contributed by atoms with Gasteiger partial charge in [0.1, 0.15) is 0 Å². The highest BCUT2D eigenvalue weighted by atomic mass is 31.1. The zero-order valence-corrected chi connectivity index (χ0v) is 35.6. The smallest absolute Gasteiger partial charge is 0.397 e. The molecule has 286 valence electrons. The Balaban J connectivity index is 1.81. The Morgan fingerprint density at radius 3 is 1.07 bits per heavy atom. The Kier molecular flexibility index (Phi) is 10.8. The molecule has 0 bridgehead atoms. The second-order valence-corrected chi connectivity index (χ2v) is 18.2. The highest BCUT2D eigenvalue weighted by Crippen LogP contribution is 2.51. The van der Waals surface area contributed by atoms with E-state index in [0.717, 1.165) is 43.4 Å². The number of rotatable bonds is 9. The Bertz CT molecular complexity index is 2370. The van der Waals surface area contributed by atoms with Crippen molar-refractivity contribution in [2.24, 2.45) is 0 Å². The molecule has 4 nitrogen and oxygen atoms in total. The molecule has 0 atom stereocenters. The molecule has 0 aliphatic carbocycles. The van der Waals surface area contributed by atoms with E-state index in [0.29, 0.717) is 23.0 Å². The van der Waals surface area contributed by atoms with E-state index in [1.54, 1.807) is 0 Å². The molecule has 1 heterocycles. The minimum absolute atomic E-state index is 0.253. The summed E-state index contributed by atoms with van der Waals surface area (Å²) in [6, 6.07) is 31.3. The highest BCUT2D eigenvalue weighted by molar-refractivity contribution is 7.31. The SMILES string of the molecule is CC(C)c1cc(C(C)C)c(-c2cc3ccccc3c3c2op(OO)oc2c(-c4c(C(C)C)cc(C(C)C)cc4C(C)C)cc4ccccc4c23)c(C(C)C)c1. The summed E-state index contributed by atoms with van der Waals surface area (Å²) in [5, 5.41) is 16.9. The van der Waals surface area contributed by atoms with Gasteiger partial charge in [0.2, 0.25) is 0 Å². The average molecular weight is 753 g/mol. The topological polar surface area (TPSA) is 55.7 Å². The van der Waals surface area contributed by atoms with E-state index >= 15 is 0 Å². The third kappa shape index (κ3) is 6.92. The van der Waals surface area contributed by atoms with Crippen molar-refractivity contribution in [1.82, 2.24) is 0 Å². The van der Waals surface area contributed by atoms with Crippen LogP contribution in [-0.4, -0.2) is 5.26 Å². The van der Waals surface area contributed by atoms with Crippen LogP contribution in [0.25, 0.3) is 65.7 Å². The molecule has 7 rings (SSSR count). The lowest BCUT2D eigenvalue weighted by Gasteiger charge is -2.24. The standard InChI is InChI=1S/C50H57O4P/c1-27(2)35-23-39(29(5)6)45(40(24-35)30(7)8)43-21-33-17-13-15-19-37(33)47-48-38-20-16-14-18-34(38)22-44(50(48)53-55(54-51)52-49(43)47)46-41(31(9)10)25-36(28(3)4)26-42(46)32(11)12/h13-32,51H,1-12H3. The summed E-state index contributed by atoms with van der Waals surface area (Å²) < 4.78 is 19.1. The molecule has 1 N–H and O–H groups in total. The first kappa shape index (κ1) is 38.9. The zero-order chi connectivity index (χ0) is 39.5. The molecule has 0 aliphatic heterocycles. The first-order valence-corrected chi connectivity index (χ1v) is 21.3. The third-order valence-corrected chi connectivity index (χ3v) is 12.3. The molecule has 0 unspecified atom stereocenters. The molecule has 0 saturated carbocycles. The summed E-state index contributed by atoms with van der Waals surface area (Å²) in [6.07, 6.45) is 0. The highest BCUT2D eigenvalue weighted by Gasteiger charge is 2.27. The van der Waals surface area contributed by atoms with E-state index in [4.69, 9.17) is 13.1 Å². The number of hydrogen-bond acceptors (Lipinski definition) is 4. The van der Waals surface area contributed by atoms with Crippen molar-refractivity contribution < 1.29 is 18.3 Å². The van der Waals surface area contributed by atoms with Crippen molar-refractivity contribution in [1.29, 1.82) is 0 Å². The molecule has 0 fully saturated rings. The second-order valence-electron chi connectivity index (χ2n) is 17.3. The Hall–Kier alpha value is -4.34. The normalized spacial score (nSPS) is 12.4. The van der Waals surface area contributed by atoms with E-state index in [1.165, 1.54) is 44.5 Å². The molecule has 5 heteroatoms. The fourth-order valence-corrected chi connectivity index (χ4v) is 9.23. The summed E-state index contributed by atoms with van der Waals surface area (Å²) in [7, 11) is -2.27. The molecule has 1 aromatic heterocycles. The van der Waals surface area contributed by atoms with Gasteiger partial charge in [-0.05, 0) is 114 Å². The maximum absolute atomic E-state index is 10.7. The maximum Gasteiger partial charge on any atom is 0.417 e. The van der Waals surface area contributed by atoms with Gasteiger partial charge in [-0.25, -0.2) is 5.26 Å². The van der Waals surface area contributed by atoms with Crippen LogP contribution in [0.15, 0.2) is 93.3 Å². The van der Waals surface area contributed by atoms with E-state index in [1.807, 2.05) is 0 Å². The van der Waals surface area contributed by atoms with Crippen LogP contribution in [0.4, 0.5) is 0 Å². The summed E-state index contributed by atoms with van der Waals surface area (Å²) >= 11 is 0. The van der Waals surface area contributed by atoms with Crippen molar-refractivity contribution in [3.05, 3.63) is 118 Å². The maximum atomic E-state index is 10.7. The second kappa shape index (κ2) is 15.3. The fourth-order valence-electron chi connectivity index (χ4n) is 8.45. The summed E-state index contributed by atoms with van der Waals surface area (Å²) in [5.41, 5.74) is 13.5. The van der Waals surface area contributed by atoms with Crippen LogP contribution in [0.5, 0.6) is 0 Å². The molecule has 0 radical (unpaired) electrons. The minimum atomic E-state index is -2.27. The molecule has 0 saturated heterocycles. The van der Waals surface area contributed by atoms with Gasteiger partial charge >= 0.3 is 8.24 Å². The van der Waals surface area contributed by atoms with Crippen LogP contribution in [0.1, 0.15) is 152 Å². The third-order valence-electron chi connectivity index (χ3n) is 11.5. The van der Waals surface area contributed by atoms with Crippen LogP contribution >= 0.6 is 8.24 Å². The van der Waals surface area contributed by atoms with E-state index in [2.05, 4.69) is 168 Å². The summed E-state index contributed by atoms with van der Waals surface area (Å²) in [5.74, 6) is 1.78. The molecular weight excluding hydrogens is 696 g/mol. The largest absolute Gasteiger partial charge is 0.417 e. The zero-order valence-electron chi connectivity index (χ0n) is 34.7. The predicted molar refractivity (Wildman–Crippen MR) is 236 cm³/mol. The van der Waals surface area contributed by atoms with Gasteiger partial charge in [0.05, 0.1) is 0 Å². The molecular formula is C50H57O4P. The van der Waals surface area contributed by atoms with Crippen LogP contribution in [0, 0.1) is 0 Å². The van der Waals surface area contributed by atoms with Crippen molar-refractivity contribution in [3.63, 3.8) is 0 Å². The summed E-state index contributed by atoms with van der Waals surface area (Å²) in [4.78, 5) is 0. The predicted octanol–water partition coefficient (Wildman–Crippen LogP) is 16.6. The lowest BCUT2D eigenvalue weighted by atomic mass is 9.80.